The minimum Gasteiger partial charge on any atom is -0.497 e. The summed E-state index contributed by atoms with van der Waals surface area (Å²) in [5, 5.41) is 11.6. The van der Waals surface area contributed by atoms with E-state index in [0.717, 1.165) is 16.9 Å². The summed E-state index contributed by atoms with van der Waals surface area (Å²) in [4.78, 5) is 11.9. The van der Waals surface area contributed by atoms with E-state index in [9.17, 15) is 4.79 Å². The topological polar surface area (TPSA) is 62.1 Å². The average molecular weight is 280 g/mol. The number of nitrogens with one attached hydrogen (secondary N) is 1. The van der Waals surface area contributed by atoms with Crippen molar-refractivity contribution in [1.29, 1.82) is 5.26 Å². The van der Waals surface area contributed by atoms with Crippen LogP contribution in [-0.2, 0) is 17.8 Å². The molecule has 1 amide bonds. The van der Waals surface area contributed by atoms with Crippen molar-refractivity contribution in [3.8, 4) is 11.8 Å². The molecule has 2 aromatic rings. The molecule has 0 heterocycles. The second kappa shape index (κ2) is 7.11. The van der Waals surface area contributed by atoms with Gasteiger partial charge in [-0.05, 0) is 35.4 Å². The van der Waals surface area contributed by atoms with Crippen molar-refractivity contribution in [2.24, 2.45) is 0 Å². The first kappa shape index (κ1) is 14.6. The van der Waals surface area contributed by atoms with E-state index < -0.39 is 0 Å². The third kappa shape index (κ3) is 4.36. The molecule has 0 fully saturated rings. The fourth-order valence-electron chi connectivity index (χ4n) is 1.89. The van der Waals surface area contributed by atoms with Crippen molar-refractivity contribution in [3.05, 3.63) is 65.2 Å². The van der Waals surface area contributed by atoms with Gasteiger partial charge in [0.2, 0.25) is 5.91 Å². The molecular weight excluding hydrogens is 264 g/mol. The summed E-state index contributed by atoms with van der Waals surface area (Å²) in [6, 6.07) is 16.6. The fraction of sp³-hybridized carbons (Fsp3) is 0.176. The van der Waals surface area contributed by atoms with Gasteiger partial charge in [0.25, 0.3) is 0 Å². The number of nitrogens with zero attached hydrogens (tertiary/aromatic N) is 1. The summed E-state index contributed by atoms with van der Waals surface area (Å²) < 4.78 is 5.08. The predicted octanol–water partition coefficient (Wildman–Crippen LogP) is 2.43. The number of nitriles is 1. The lowest BCUT2D eigenvalue weighted by Gasteiger charge is -2.06. The zero-order valence-electron chi connectivity index (χ0n) is 11.8. The number of amides is 1. The summed E-state index contributed by atoms with van der Waals surface area (Å²) in [7, 11) is 1.62. The second-order valence-electron chi connectivity index (χ2n) is 4.61. The normalized spacial score (nSPS) is 9.71. The van der Waals surface area contributed by atoms with Gasteiger partial charge < -0.3 is 10.1 Å². The van der Waals surface area contributed by atoms with Crippen LogP contribution in [0.25, 0.3) is 0 Å². The molecule has 4 nitrogen and oxygen atoms in total. The van der Waals surface area contributed by atoms with Crippen LogP contribution in [0, 0.1) is 11.3 Å². The Hall–Kier alpha value is -2.80. The predicted molar refractivity (Wildman–Crippen MR) is 79.7 cm³/mol. The Kier molecular flexibility index (Phi) is 4.94. The van der Waals surface area contributed by atoms with Crippen LogP contribution in [0.4, 0.5) is 0 Å². The molecule has 1 N–H and O–H groups in total. The Morgan fingerprint density at radius 1 is 1.10 bits per heavy atom. The van der Waals surface area contributed by atoms with Gasteiger partial charge in [0.15, 0.2) is 0 Å². The van der Waals surface area contributed by atoms with Crippen molar-refractivity contribution in [1.82, 2.24) is 5.32 Å². The van der Waals surface area contributed by atoms with Crippen LogP contribution in [-0.4, -0.2) is 13.0 Å². The number of hydrogen-bond donors (Lipinski definition) is 1. The lowest BCUT2D eigenvalue weighted by Crippen LogP contribution is -2.24. The standard InChI is InChI=1S/C17H16N2O2/c1-21-16-8-6-15(7-9-16)12-19-17(20)10-13-2-4-14(11-18)5-3-13/h2-9H,10,12H2,1H3,(H,19,20). The monoisotopic (exact) mass is 280 g/mol. The molecule has 2 rings (SSSR count). The van der Waals surface area contributed by atoms with Crippen molar-refractivity contribution < 1.29 is 9.53 Å². The van der Waals surface area contributed by atoms with Gasteiger partial charge in [-0.2, -0.15) is 5.26 Å². The number of benzene rings is 2. The molecule has 0 unspecified atom stereocenters. The Morgan fingerprint density at radius 2 is 1.71 bits per heavy atom. The largest absolute Gasteiger partial charge is 0.497 e. The van der Waals surface area contributed by atoms with E-state index in [1.54, 1.807) is 31.4 Å². The van der Waals surface area contributed by atoms with E-state index in [2.05, 4.69) is 11.4 Å². The van der Waals surface area contributed by atoms with Gasteiger partial charge in [0.05, 0.1) is 25.2 Å². The zero-order chi connectivity index (χ0) is 15.1. The highest BCUT2D eigenvalue weighted by Gasteiger charge is 2.03. The first-order chi connectivity index (χ1) is 10.2. The van der Waals surface area contributed by atoms with Crippen molar-refractivity contribution in [2.75, 3.05) is 7.11 Å². The lowest BCUT2D eigenvalue weighted by atomic mass is 10.1. The van der Waals surface area contributed by atoms with E-state index in [1.165, 1.54) is 0 Å². The average Bonchev–Trinajstić information content (AvgIpc) is 2.54. The maximum atomic E-state index is 11.9. The Morgan fingerprint density at radius 3 is 2.29 bits per heavy atom. The van der Waals surface area contributed by atoms with Gasteiger partial charge in [-0.15, -0.1) is 0 Å². The summed E-state index contributed by atoms with van der Waals surface area (Å²) in [6.45, 7) is 0.485. The quantitative estimate of drug-likeness (QED) is 0.915. The summed E-state index contributed by atoms with van der Waals surface area (Å²) in [6.07, 6.45) is 0.307. The highest BCUT2D eigenvalue weighted by molar-refractivity contribution is 5.78. The molecule has 0 aliphatic rings. The van der Waals surface area contributed by atoms with E-state index in [0.29, 0.717) is 18.5 Å². The van der Waals surface area contributed by atoms with Crippen molar-refractivity contribution in [3.63, 3.8) is 0 Å². The molecule has 0 aliphatic carbocycles. The molecule has 0 aliphatic heterocycles. The molecule has 4 heteroatoms. The minimum atomic E-state index is -0.0458. The van der Waals surface area contributed by atoms with Crippen LogP contribution >= 0.6 is 0 Å². The molecular formula is C17H16N2O2. The molecule has 21 heavy (non-hydrogen) atoms. The van der Waals surface area contributed by atoms with Gasteiger partial charge >= 0.3 is 0 Å². The van der Waals surface area contributed by atoms with Gasteiger partial charge in [-0.25, -0.2) is 0 Å². The van der Waals surface area contributed by atoms with Gasteiger partial charge in [0, 0.05) is 6.54 Å². The van der Waals surface area contributed by atoms with E-state index >= 15 is 0 Å². The van der Waals surface area contributed by atoms with Crippen LogP contribution < -0.4 is 10.1 Å². The molecule has 0 spiro atoms. The highest BCUT2D eigenvalue weighted by atomic mass is 16.5. The molecule has 0 bridgehead atoms. The number of hydrogen-bond acceptors (Lipinski definition) is 3. The maximum absolute atomic E-state index is 11.9. The molecule has 0 aromatic heterocycles. The lowest BCUT2D eigenvalue weighted by molar-refractivity contribution is -0.120. The second-order valence-corrected chi connectivity index (χ2v) is 4.61. The van der Waals surface area contributed by atoms with E-state index in [4.69, 9.17) is 10.00 Å². The molecule has 0 saturated heterocycles. The van der Waals surface area contributed by atoms with Crippen molar-refractivity contribution >= 4 is 5.91 Å². The van der Waals surface area contributed by atoms with Gasteiger partial charge in [0.1, 0.15) is 5.75 Å². The Labute approximate surface area is 124 Å². The third-order valence-corrected chi connectivity index (χ3v) is 3.10. The van der Waals surface area contributed by atoms with E-state index in [1.807, 2.05) is 24.3 Å². The molecule has 0 radical (unpaired) electrons. The summed E-state index contributed by atoms with van der Waals surface area (Å²) >= 11 is 0. The molecule has 2 aromatic carbocycles. The first-order valence-corrected chi connectivity index (χ1v) is 6.60. The number of rotatable bonds is 5. The van der Waals surface area contributed by atoms with Crippen LogP contribution in [0.1, 0.15) is 16.7 Å². The first-order valence-electron chi connectivity index (χ1n) is 6.60. The van der Waals surface area contributed by atoms with Crippen LogP contribution in [0.5, 0.6) is 5.75 Å². The maximum Gasteiger partial charge on any atom is 0.224 e. The van der Waals surface area contributed by atoms with Crippen LogP contribution in [0.2, 0.25) is 0 Å². The van der Waals surface area contributed by atoms with E-state index in [-0.39, 0.29) is 5.91 Å². The molecule has 0 saturated carbocycles. The minimum absolute atomic E-state index is 0.0458. The summed E-state index contributed by atoms with van der Waals surface area (Å²) in [5.74, 6) is 0.748. The SMILES string of the molecule is COc1ccc(CNC(=O)Cc2ccc(C#N)cc2)cc1. The van der Waals surface area contributed by atoms with Crippen molar-refractivity contribution in [2.45, 2.75) is 13.0 Å². The van der Waals surface area contributed by atoms with Crippen LogP contribution in [0.3, 0.4) is 0 Å². The third-order valence-electron chi connectivity index (χ3n) is 3.10. The molecule has 0 atom stereocenters. The Bertz CT molecular complexity index is 640. The van der Waals surface area contributed by atoms with Crippen LogP contribution in [0.15, 0.2) is 48.5 Å². The molecule has 106 valence electrons. The van der Waals surface area contributed by atoms with Gasteiger partial charge in [-0.3, -0.25) is 4.79 Å². The zero-order valence-corrected chi connectivity index (χ0v) is 11.8. The number of carbonyl (C=O) groups excluding carboxylic acids is 1. The van der Waals surface area contributed by atoms with Gasteiger partial charge in [-0.1, -0.05) is 24.3 Å². The smallest absolute Gasteiger partial charge is 0.224 e. The fourth-order valence-corrected chi connectivity index (χ4v) is 1.89. The summed E-state index contributed by atoms with van der Waals surface area (Å²) in [5.41, 5.74) is 2.50. The Balaban J connectivity index is 1.85. The highest BCUT2D eigenvalue weighted by Crippen LogP contribution is 2.11. The number of carbonyl (C=O) groups is 1. The number of ether oxygens (including phenoxy) is 1. The number of methoxy groups -OCH3 is 1.